The first-order chi connectivity index (χ1) is 8.18. The van der Waals surface area contributed by atoms with E-state index in [9.17, 15) is 4.79 Å². The predicted molar refractivity (Wildman–Crippen MR) is 69.4 cm³/mol. The molecule has 0 N–H and O–H groups in total. The van der Waals surface area contributed by atoms with Gasteiger partial charge in [-0.3, -0.25) is 0 Å². The van der Waals surface area contributed by atoms with Gasteiger partial charge in [-0.1, -0.05) is 12.1 Å². The highest BCUT2D eigenvalue weighted by Gasteiger charge is 2.09. The van der Waals surface area contributed by atoms with E-state index < -0.39 is 0 Å². The Labute approximate surface area is 101 Å². The van der Waals surface area contributed by atoms with E-state index in [0.717, 1.165) is 29.6 Å². The smallest absolute Gasteiger partial charge is 0.136 e. The quantitative estimate of drug-likeness (QED) is 0.792. The molecule has 2 aromatic rings. The molecule has 3 heteroatoms. The van der Waals surface area contributed by atoms with Gasteiger partial charge in [-0.05, 0) is 25.5 Å². The number of Topliss-reactive ketones (excluding diaryl/α,β-unsaturated/α-hetero) is 1. The van der Waals surface area contributed by atoms with Gasteiger partial charge in [0.25, 0.3) is 0 Å². The normalized spacial score (nSPS) is 10.7. The van der Waals surface area contributed by atoms with Crippen molar-refractivity contribution in [1.29, 1.82) is 0 Å². The van der Waals surface area contributed by atoms with Crippen LogP contribution in [0.15, 0.2) is 34.9 Å². The lowest BCUT2D eigenvalue weighted by molar-refractivity contribution is -0.117. The summed E-state index contributed by atoms with van der Waals surface area (Å²) < 4.78 is 5.49. The molecule has 0 spiro atoms. The summed E-state index contributed by atoms with van der Waals surface area (Å²) in [6.07, 6.45) is 3.30. The van der Waals surface area contributed by atoms with Gasteiger partial charge in [-0.25, -0.2) is 0 Å². The molecule has 1 aromatic heterocycles. The van der Waals surface area contributed by atoms with Crippen LogP contribution in [0, 0.1) is 0 Å². The largest absolute Gasteiger partial charge is 0.462 e. The first-order valence-electron chi connectivity index (χ1n) is 5.85. The van der Waals surface area contributed by atoms with Crippen LogP contribution in [0.4, 0.5) is 5.69 Å². The average molecular weight is 231 g/mol. The molecule has 0 aliphatic carbocycles. The maximum atomic E-state index is 10.9. The van der Waals surface area contributed by atoms with E-state index in [4.69, 9.17) is 4.42 Å². The zero-order valence-electron chi connectivity index (χ0n) is 10.3. The fraction of sp³-hybridized carbons (Fsp3) is 0.357. The second-order valence-corrected chi connectivity index (χ2v) is 4.34. The van der Waals surface area contributed by atoms with Gasteiger partial charge in [0.2, 0.25) is 0 Å². The van der Waals surface area contributed by atoms with Gasteiger partial charge in [0.1, 0.15) is 17.6 Å². The lowest BCUT2D eigenvalue weighted by atomic mass is 10.2. The molecule has 0 saturated heterocycles. The Balaban J connectivity index is 2.08. The molecular formula is C14H17NO2. The summed E-state index contributed by atoms with van der Waals surface area (Å²) in [6, 6.07) is 7.98. The van der Waals surface area contributed by atoms with Crippen molar-refractivity contribution < 1.29 is 9.21 Å². The molecule has 2 rings (SSSR count). The van der Waals surface area contributed by atoms with Crippen molar-refractivity contribution in [2.24, 2.45) is 0 Å². The number of rotatable bonds is 5. The number of hydrogen-bond acceptors (Lipinski definition) is 3. The molecule has 0 amide bonds. The van der Waals surface area contributed by atoms with Crippen LogP contribution in [-0.4, -0.2) is 19.4 Å². The third-order valence-electron chi connectivity index (χ3n) is 2.89. The molecular weight excluding hydrogens is 214 g/mol. The van der Waals surface area contributed by atoms with Gasteiger partial charge < -0.3 is 14.1 Å². The second kappa shape index (κ2) is 5.04. The molecule has 0 fully saturated rings. The number of furan rings is 1. The lowest BCUT2D eigenvalue weighted by Crippen LogP contribution is -2.18. The molecule has 0 saturated carbocycles. The van der Waals surface area contributed by atoms with Gasteiger partial charge in [-0.15, -0.1) is 0 Å². The molecule has 0 radical (unpaired) electrons. The van der Waals surface area contributed by atoms with Crippen LogP contribution in [0.1, 0.15) is 19.8 Å². The number of carbonyl (C=O) groups excluding carboxylic acids is 1. The van der Waals surface area contributed by atoms with Gasteiger partial charge in [0.15, 0.2) is 0 Å². The Morgan fingerprint density at radius 1 is 1.35 bits per heavy atom. The number of nitrogens with zero attached hydrogens (tertiary/aromatic N) is 1. The van der Waals surface area contributed by atoms with Gasteiger partial charge in [0, 0.05) is 25.4 Å². The standard InChI is InChI=1S/C14H17NO2/c1-11(16)6-5-9-15(2)13-10-17-14-8-4-3-7-12(13)14/h3-4,7-8,10H,5-6,9H2,1-2H3. The summed E-state index contributed by atoms with van der Waals surface area (Å²) in [5, 5.41) is 1.12. The first-order valence-corrected chi connectivity index (χ1v) is 5.85. The summed E-state index contributed by atoms with van der Waals surface area (Å²) in [5.41, 5.74) is 1.99. The Morgan fingerprint density at radius 3 is 2.88 bits per heavy atom. The van der Waals surface area contributed by atoms with Crippen molar-refractivity contribution in [1.82, 2.24) is 0 Å². The average Bonchev–Trinajstić information content (AvgIpc) is 2.72. The topological polar surface area (TPSA) is 33.5 Å². The minimum absolute atomic E-state index is 0.246. The third kappa shape index (κ3) is 2.67. The van der Waals surface area contributed by atoms with E-state index in [-0.39, 0.29) is 5.78 Å². The van der Waals surface area contributed by atoms with Gasteiger partial charge >= 0.3 is 0 Å². The second-order valence-electron chi connectivity index (χ2n) is 4.34. The van der Waals surface area contributed by atoms with Crippen molar-refractivity contribution in [2.75, 3.05) is 18.5 Å². The molecule has 0 unspecified atom stereocenters. The van der Waals surface area contributed by atoms with Crippen LogP contribution in [0.5, 0.6) is 0 Å². The molecule has 0 bridgehead atoms. The highest BCUT2D eigenvalue weighted by molar-refractivity contribution is 5.90. The van der Waals surface area contributed by atoms with Crippen LogP contribution in [-0.2, 0) is 4.79 Å². The van der Waals surface area contributed by atoms with E-state index in [1.807, 2.05) is 25.2 Å². The fourth-order valence-electron chi connectivity index (χ4n) is 1.95. The van der Waals surface area contributed by atoms with E-state index in [1.54, 1.807) is 13.2 Å². The highest BCUT2D eigenvalue weighted by Crippen LogP contribution is 2.28. The van der Waals surface area contributed by atoms with Crippen LogP contribution in [0.3, 0.4) is 0 Å². The minimum Gasteiger partial charge on any atom is -0.462 e. The SMILES string of the molecule is CC(=O)CCCN(C)c1coc2ccccc12. The Morgan fingerprint density at radius 2 is 2.12 bits per heavy atom. The molecule has 0 aliphatic rings. The molecule has 0 atom stereocenters. The maximum Gasteiger partial charge on any atom is 0.136 e. The molecule has 3 nitrogen and oxygen atoms in total. The molecule has 0 aliphatic heterocycles. The van der Waals surface area contributed by atoms with Crippen molar-refractivity contribution in [3.8, 4) is 0 Å². The summed E-state index contributed by atoms with van der Waals surface area (Å²) in [7, 11) is 2.03. The molecule has 90 valence electrons. The van der Waals surface area contributed by atoms with Crippen LogP contribution >= 0.6 is 0 Å². The minimum atomic E-state index is 0.246. The molecule has 17 heavy (non-hydrogen) atoms. The first kappa shape index (κ1) is 11.7. The van der Waals surface area contributed by atoms with E-state index in [0.29, 0.717) is 6.42 Å². The number of fused-ring (bicyclic) bond motifs is 1. The monoisotopic (exact) mass is 231 g/mol. The van der Waals surface area contributed by atoms with E-state index >= 15 is 0 Å². The predicted octanol–water partition coefficient (Wildman–Crippen LogP) is 3.24. The van der Waals surface area contributed by atoms with Crippen molar-refractivity contribution in [3.05, 3.63) is 30.5 Å². The summed E-state index contributed by atoms with van der Waals surface area (Å²) in [5.74, 6) is 0.246. The number of hydrogen-bond donors (Lipinski definition) is 0. The summed E-state index contributed by atoms with van der Waals surface area (Å²) in [6.45, 7) is 2.50. The van der Waals surface area contributed by atoms with Crippen LogP contribution in [0.25, 0.3) is 11.0 Å². The Hall–Kier alpha value is -1.77. The zero-order valence-corrected chi connectivity index (χ0v) is 10.3. The fourth-order valence-corrected chi connectivity index (χ4v) is 1.95. The van der Waals surface area contributed by atoms with Crippen LogP contribution in [0.2, 0.25) is 0 Å². The third-order valence-corrected chi connectivity index (χ3v) is 2.89. The zero-order chi connectivity index (χ0) is 12.3. The van der Waals surface area contributed by atoms with Crippen molar-refractivity contribution in [3.63, 3.8) is 0 Å². The molecule has 1 aromatic carbocycles. The Kier molecular flexibility index (Phi) is 3.47. The number of para-hydroxylation sites is 1. The van der Waals surface area contributed by atoms with Crippen molar-refractivity contribution in [2.45, 2.75) is 19.8 Å². The lowest BCUT2D eigenvalue weighted by Gasteiger charge is -2.16. The number of carbonyl (C=O) groups is 1. The van der Waals surface area contributed by atoms with E-state index in [2.05, 4.69) is 11.0 Å². The van der Waals surface area contributed by atoms with Gasteiger partial charge in [0.05, 0.1) is 5.69 Å². The van der Waals surface area contributed by atoms with Crippen LogP contribution < -0.4 is 4.90 Å². The highest BCUT2D eigenvalue weighted by atomic mass is 16.3. The van der Waals surface area contributed by atoms with E-state index in [1.165, 1.54) is 0 Å². The maximum absolute atomic E-state index is 10.9. The molecule has 1 heterocycles. The van der Waals surface area contributed by atoms with Crippen molar-refractivity contribution >= 4 is 22.4 Å². The summed E-state index contributed by atoms with van der Waals surface area (Å²) in [4.78, 5) is 13.0. The summed E-state index contributed by atoms with van der Waals surface area (Å²) >= 11 is 0. The number of ketones is 1. The Bertz CT molecular complexity index is 516. The van der Waals surface area contributed by atoms with Gasteiger partial charge in [-0.2, -0.15) is 0 Å². The number of benzene rings is 1. The number of anilines is 1.